The lowest BCUT2D eigenvalue weighted by Gasteiger charge is -2.22. The molecule has 2 amide bonds. The van der Waals surface area contributed by atoms with Crippen molar-refractivity contribution in [3.63, 3.8) is 0 Å². The Hall–Kier alpha value is -2.70. The molecular formula is C13H13N3O4. The van der Waals surface area contributed by atoms with Crippen LogP contribution in [-0.4, -0.2) is 35.1 Å². The van der Waals surface area contributed by atoms with Gasteiger partial charge in [0, 0.05) is 18.5 Å². The normalized spacial score (nSPS) is 14.2. The molecule has 1 aliphatic heterocycles. The first-order valence-corrected chi connectivity index (χ1v) is 6.02. The van der Waals surface area contributed by atoms with Crippen molar-refractivity contribution in [2.45, 2.75) is 12.8 Å². The van der Waals surface area contributed by atoms with Crippen LogP contribution >= 0.6 is 0 Å². The van der Waals surface area contributed by atoms with Gasteiger partial charge < -0.3 is 5.11 Å². The van der Waals surface area contributed by atoms with Gasteiger partial charge in [-0.2, -0.15) is 5.10 Å². The van der Waals surface area contributed by atoms with Crippen molar-refractivity contribution in [1.82, 2.24) is 5.43 Å². The molecule has 2 N–H and O–H groups in total. The number of amides is 2. The first-order chi connectivity index (χ1) is 9.58. The van der Waals surface area contributed by atoms with E-state index in [0.29, 0.717) is 5.69 Å². The standard InChI is InChI=1S/C13H13N3O4/c17-11-7-6-10(14-15-11)13(20)16(8-12(18)19)9-4-2-1-3-5-9/h1-5H,6-8H2,(H,15,17)(H,18,19). The van der Waals surface area contributed by atoms with Crippen LogP contribution in [0.15, 0.2) is 35.4 Å². The van der Waals surface area contributed by atoms with E-state index in [4.69, 9.17) is 5.11 Å². The molecule has 1 aliphatic rings. The van der Waals surface area contributed by atoms with E-state index < -0.39 is 18.4 Å². The van der Waals surface area contributed by atoms with Gasteiger partial charge in [-0.25, -0.2) is 5.43 Å². The highest BCUT2D eigenvalue weighted by Gasteiger charge is 2.26. The summed E-state index contributed by atoms with van der Waals surface area (Å²) in [7, 11) is 0. The average Bonchev–Trinajstić information content (AvgIpc) is 2.45. The number of aliphatic carboxylic acids is 1. The van der Waals surface area contributed by atoms with Crippen molar-refractivity contribution in [3.05, 3.63) is 30.3 Å². The average molecular weight is 275 g/mol. The number of hydrogen-bond donors (Lipinski definition) is 2. The molecular weight excluding hydrogens is 262 g/mol. The molecule has 2 rings (SSSR count). The van der Waals surface area contributed by atoms with Crippen LogP contribution < -0.4 is 10.3 Å². The highest BCUT2D eigenvalue weighted by atomic mass is 16.4. The SMILES string of the molecule is O=C(O)CN(C(=O)C1=NNC(=O)CC1)c1ccccc1. The molecule has 7 nitrogen and oxygen atoms in total. The molecule has 0 aliphatic carbocycles. The molecule has 1 heterocycles. The lowest BCUT2D eigenvalue weighted by molar-refractivity contribution is -0.136. The number of hydrogen-bond acceptors (Lipinski definition) is 4. The third-order valence-corrected chi connectivity index (χ3v) is 2.76. The van der Waals surface area contributed by atoms with Crippen LogP contribution in [0, 0.1) is 0 Å². The summed E-state index contributed by atoms with van der Waals surface area (Å²) in [5.74, 6) is -1.90. The maximum absolute atomic E-state index is 12.3. The Morgan fingerprint density at radius 3 is 2.50 bits per heavy atom. The van der Waals surface area contributed by atoms with Crippen LogP contribution in [0.4, 0.5) is 5.69 Å². The van der Waals surface area contributed by atoms with E-state index in [9.17, 15) is 14.4 Å². The number of nitrogens with zero attached hydrogens (tertiary/aromatic N) is 2. The molecule has 0 fully saturated rings. The summed E-state index contributed by atoms with van der Waals surface area (Å²) in [4.78, 5) is 35.4. The number of carboxylic acids is 1. The summed E-state index contributed by atoms with van der Waals surface area (Å²) < 4.78 is 0. The van der Waals surface area contributed by atoms with Crippen molar-refractivity contribution in [3.8, 4) is 0 Å². The molecule has 1 aromatic rings. The lowest BCUT2D eigenvalue weighted by atomic mass is 10.1. The second kappa shape index (κ2) is 5.96. The van der Waals surface area contributed by atoms with Crippen molar-refractivity contribution in [2.24, 2.45) is 5.10 Å². The summed E-state index contributed by atoms with van der Waals surface area (Å²) in [6.45, 7) is -0.462. The van der Waals surface area contributed by atoms with Crippen LogP contribution in [0.25, 0.3) is 0 Å². The second-order valence-corrected chi connectivity index (χ2v) is 4.21. The number of carbonyl (C=O) groups excluding carboxylic acids is 2. The summed E-state index contributed by atoms with van der Waals surface area (Å²) in [5.41, 5.74) is 2.85. The van der Waals surface area contributed by atoms with Gasteiger partial charge in [0.15, 0.2) is 0 Å². The van der Waals surface area contributed by atoms with Gasteiger partial charge in [-0.15, -0.1) is 0 Å². The van der Waals surface area contributed by atoms with Gasteiger partial charge in [0.1, 0.15) is 12.3 Å². The zero-order valence-corrected chi connectivity index (χ0v) is 10.6. The molecule has 0 radical (unpaired) electrons. The highest BCUT2D eigenvalue weighted by Crippen LogP contribution is 2.15. The maximum Gasteiger partial charge on any atom is 0.323 e. The van der Waals surface area contributed by atoms with Gasteiger partial charge in [-0.1, -0.05) is 18.2 Å². The molecule has 0 saturated carbocycles. The van der Waals surface area contributed by atoms with E-state index in [0.717, 1.165) is 4.90 Å². The minimum Gasteiger partial charge on any atom is -0.480 e. The highest BCUT2D eigenvalue weighted by molar-refractivity contribution is 6.44. The van der Waals surface area contributed by atoms with Crippen molar-refractivity contribution in [1.29, 1.82) is 0 Å². The number of carboxylic acid groups (broad SMARTS) is 1. The fraction of sp³-hybridized carbons (Fsp3) is 0.231. The summed E-state index contributed by atoms with van der Waals surface area (Å²) in [5, 5.41) is 12.6. The number of benzene rings is 1. The Bertz CT molecular complexity index is 568. The third-order valence-electron chi connectivity index (χ3n) is 2.76. The topological polar surface area (TPSA) is 99.1 Å². The van der Waals surface area contributed by atoms with E-state index in [2.05, 4.69) is 10.5 Å². The molecule has 104 valence electrons. The Morgan fingerprint density at radius 2 is 1.95 bits per heavy atom. The van der Waals surface area contributed by atoms with Gasteiger partial charge in [0.25, 0.3) is 5.91 Å². The smallest absolute Gasteiger partial charge is 0.323 e. The van der Waals surface area contributed by atoms with Crippen molar-refractivity contribution in [2.75, 3.05) is 11.4 Å². The summed E-state index contributed by atoms with van der Waals surface area (Å²) in [6, 6.07) is 8.47. The quantitative estimate of drug-likeness (QED) is 0.829. The van der Waals surface area contributed by atoms with Gasteiger partial charge in [-0.3, -0.25) is 19.3 Å². The molecule has 0 atom stereocenters. The molecule has 20 heavy (non-hydrogen) atoms. The predicted molar refractivity (Wildman–Crippen MR) is 71.2 cm³/mol. The Morgan fingerprint density at radius 1 is 1.25 bits per heavy atom. The predicted octanol–water partition coefficient (Wildman–Crippen LogP) is 0.370. The second-order valence-electron chi connectivity index (χ2n) is 4.21. The van der Waals surface area contributed by atoms with Crippen LogP contribution in [0.3, 0.4) is 0 Å². The number of carbonyl (C=O) groups is 3. The zero-order chi connectivity index (χ0) is 14.5. The molecule has 0 aromatic heterocycles. The first kappa shape index (κ1) is 13.7. The molecule has 0 spiro atoms. The molecule has 0 unspecified atom stereocenters. The van der Waals surface area contributed by atoms with Crippen molar-refractivity contribution < 1.29 is 19.5 Å². The number of rotatable bonds is 4. The van der Waals surface area contributed by atoms with Gasteiger partial charge in [0.05, 0.1) is 0 Å². The number of nitrogens with one attached hydrogen (secondary N) is 1. The Kier molecular flexibility index (Phi) is 4.09. The molecule has 7 heteroatoms. The van der Waals surface area contributed by atoms with Crippen LogP contribution in [0.1, 0.15) is 12.8 Å². The lowest BCUT2D eigenvalue weighted by Crippen LogP contribution is -2.42. The largest absolute Gasteiger partial charge is 0.480 e. The minimum atomic E-state index is -1.12. The number of hydrazone groups is 1. The van der Waals surface area contributed by atoms with Gasteiger partial charge in [0.2, 0.25) is 5.91 Å². The van der Waals surface area contributed by atoms with Crippen molar-refractivity contribution >= 4 is 29.2 Å². The zero-order valence-electron chi connectivity index (χ0n) is 10.6. The van der Waals surface area contributed by atoms with Gasteiger partial charge in [-0.05, 0) is 12.1 Å². The Balaban J connectivity index is 2.25. The van der Waals surface area contributed by atoms with E-state index in [-0.39, 0.29) is 24.5 Å². The van der Waals surface area contributed by atoms with E-state index in [1.54, 1.807) is 30.3 Å². The van der Waals surface area contributed by atoms with E-state index in [1.165, 1.54) is 0 Å². The van der Waals surface area contributed by atoms with Crippen LogP contribution in [0.5, 0.6) is 0 Å². The maximum atomic E-state index is 12.3. The van der Waals surface area contributed by atoms with E-state index in [1.807, 2.05) is 0 Å². The fourth-order valence-electron chi connectivity index (χ4n) is 1.81. The fourth-order valence-corrected chi connectivity index (χ4v) is 1.81. The van der Waals surface area contributed by atoms with Crippen LogP contribution in [-0.2, 0) is 14.4 Å². The number of anilines is 1. The Labute approximate surface area is 114 Å². The summed E-state index contributed by atoms with van der Waals surface area (Å²) >= 11 is 0. The minimum absolute atomic E-state index is 0.148. The van der Waals surface area contributed by atoms with Crippen LogP contribution in [0.2, 0.25) is 0 Å². The number of para-hydroxylation sites is 1. The molecule has 1 aromatic carbocycles. The third kappa shape index (κ3) is 3.19. The molecule has 0 bridgehead atoms. The monoisotopic (exact) mass is 275 g/mol. The summed E-state index contributed by atoms with van der Waals surface area (Å²) in [6.07, 6.45) is 0.369. The molecule has 0 saturated heterocycles. The van der Waals surface area contributed by atoms with Gasteiger partial charge >= 0.3 is 5.97 Å². The van der Waals surface area contributed by atoms with E-state index >= 15 is 0 Å². The first-order valence-electron chi connectivity index (χ1n) is 6.02.